The number of hydrogen-bond donors (Lipinski definition) is 1. The Balaban J connectivity index is 2.12. The normalized spacial score (nSPS) is 11.2. The Morgan fingerprint density at radius 2 is 2.20 bits per heavy atom. The van der Waals surface area contributed by atoms with Crippen LogP contribution in [0.25, 0.3) is 5.65 Å². The summed E-state index contributed by atoms with van der Waals surface area (Å²) in [5, 5.41) is 10.5. The van der Waals surface area contributed by atoms with Gasteiger partial charge in [0.05, 0.1) is 17.2 Å². The molecule has 3 rings (SSSR count). The van der Waals surface area contributed by atoms with Gasteiger partial charge in [0.15, 0.2) is 4.47 Å². The number of ketones is 1. The third-order valence-corrected chi connectivity index (χ3v) is 4.51. The van der Waals surface area contributed by atoms with E-state index < -0.39 is 17.9 Å². The molecular formula is C16H15ClN3O4S+. The number of pyridine rings is 1. The topological polar surface area (TPSA) is 85.5 Å². The highest BCUT2D eigenvalue weighted by Crippen LogP contribution is 2.24. The molecule has 0 aliphatic carbocycles. The third-order valence-electron chi connectivity index (χ3n) is 3.41. The summed E-state index contributed by atoms with van der Waals surface area (Å²) in [6.07, 6.45) is 2.75. The minimum atomic E-state index is -1.02. The van der Waals surface area contributed by atoms with Crippen LogP contribution in [-0.2, 0) is 16.1 Å². The maximum absolute atomic E-state index is 12.6. The van der Waals surface area contributed by atoms with Crippen molar-refractivity contribution in [3.63, 3.8) is 0 Å². The van der Waals surface area contributed by atoms with Crippen LogP contribution in [0.15, 0.2) is 30.6 Å². The number of esters is 1. The van der Waals surface area contributed by atoms with Crippen LogP contribution in [0.5, 0.6) is 5.88 Å². The summed E-state index contributed by atoms with van der Waals surface area (Å²) in [4.78, 5) is 29.4. The molecule has 0 fully saturated rings. The molecule has 0 aliphatic heterocycles. The second-order valence-electron chi connectivity index (χ2n) is 5.55. The van der Waals surface area contributed by atoms with Crippen LogP contribution in [0.2, 0.25) is 4.47 Å². The van der Waals surface area contributed by atoms with Crippen molar-refractivity contribution in [2.75, 3.05) is 0 Å². The predicted molar refractivity (Wildman–Crippen MR) is 91.0 cm³/mol. The van der Waals surface area contributed by atoms with Gasteiger partial charge in [-0.25, -0.2) is 14.3 Å². The molecule has 3 aromatic heterocycles. The minimum absolute atomic E-state index is 0.138. The first-order chi connectivity index (χ1) is 11.9. The third kappa shape index (κ3) is 3.35. The van der Waals surface area contributed by atoms with Crippen LogP contribution < -0.4 is 4.40 Å². The van der Waals surface area contributed by atoms with Crippen LogP contribution in [0.3, 0.4) is 0 Å². The van der Waals surface area contributed by atoms with Gasteiger partial charge in [-0.15, -0.1) is 11.3 Å². The van der Waals surface area contributed by atoms with Crippen molar-refractivity contribution in [3.8, 4) is 5.88 Å². The molecule has 0 aromatic carbocycles. The Bertz CT molecular complexity index is 964. The molecule has 0 bridgehead atoms. The number of imidazole rings is 1. The molecule has 0 radical (unpaired) electrons. The van der Waals surface area contributed by atoms with Gasteiger partial charge in [-0.2, -0.15) is 4.40 Å². The van der Waals surface area contributed by atoms with Crippen LogP contribution in [0, 0.1) is 0 Å². The van der Waals surface area contributed by atoms with Crippen molar-refractivity contribution in [2.24, 2.45) is 0 Å². The number of carbonyl (C=O) groups excluding carboxylic acids is 2. The minimum Gasteiger partial charge on any atom is -0.474 e. The molecule has 9 heteroatoms. The van der Waals surface area contributed by atoms with Crippen molar-refractivity contribution in [3.05, 3.63) is 45.6 Å². The first-order valence-electron chi connectivity index (χ1n) is 7.46. The van der Waals surface area contributed by atoms with Gasteiger partial charge < -0.3 is 9.84 Å². The van der Waals surface area contributed by atoms with E-state index in [1.165, 1.54) is 15.7 Å². The maximum Gasteiger partial charge on any atom is 0.384 e. The fourth-order valence-electron chi connectivity index (χ4n) is 2.44. The molecule has 0 spiro atoms. The van der Waals surface area contributed by atoms with Crippen molar-refractivity contribution in [1.29, 1.82) is 0 Å². The van der Waals surface area contributed by atoms with Crippen molar-refractivity contribution >= 4 is 40.3 Å². The Labute approximate surface area is 152 Å². The zero-order valence-corrected chi connectivity index (χ0v) is 15.0. The molecule has 0 atom stereocenters. The molecule has 1 N–H and O–H groups in total. The van der Waals surface area contributed by atoms with Gasteiger partial charge in [-0.3, -0.25) is 4.79 Å². The summed E-state index contributed by atoms with van der Waals surface area (Å²) in [5.74, 6) is -2.25. The van der Waals surface area contributed by atoms with Gasteiger partial charge in [0, 0.05) is 12.3 Å². The number of carbonyl (C=O) groups is 2. The number of Topliss-reactive ketones (excluding diaryl/α,β-unsaturated/α-hetero) is 1. The van der Waals surface area contributed by atoms with Crippen LogP contribution in [0.1, 0.15) is 29.2 Å². The average Bonchev–Trinajstić information content (AvgIpc) is 3.09. The molecule has 0 saturated heterocycles. The second kappa shape index (κ2) is 6.81. The Kier molecular flexibility index (Phi) is 4.73. The molecule has 3 aromatic rings. The molecule has 3 heterocycles. The van der Waals surface area contributed by atoms with E-state index in [4.69, 9.17) is 16.3 Å². The highest BCUT2D eigenvalue weighted by molar-refractivity contribution is 7.15. The molecule has 0 amide bonds. The molecule has 0 unspecified atom stereocenters. The molecular weight excluding hydrogens is 366 g/mol. The van der Waals surface area contributed by atoms with Crippen molar-refractivity contribution in [1.82, 2.24) is 9.55 Å². The fraction of sp³-hybridized carbons (Fsp3) is 0.250. The number of aromatic hydroxyl groups is 1. The smallest absolute Gasteiger partial charge is 0.384 e. The maximum atomic E-state index is 12.6. The van der Waals surface area contributed by atoms with Gasteiger partial charge >= 0.3 is 17.6 Å². The van der Waals surface area contributed by atoms with E-state index in [-0.39, 0.29) is 18.1 Å². The van der Waals surface area contributed by atoms with Crippen LogP contribution >= 0.6 is 22.9 Å². The molecule has 7 nitrogen and oxygen atoms in total. The van der Waals surface area contributed by atoms with Gasteiger partial charge in [0.2, 0.25) is 0 Å². The summed E-state index contributed by atoms with van der Waals surface area (Å²) in [7, 11) is 0. The SMILES string of the molecule is CC(C)OC(=O)C(=O)c1c(O)[n+]2ccccc2n1Cc1cnc(Cl)s1. The zero-order chi connectivity index (χ0) is 18.1. The summed E-state index contributed by atoms with van der Waals surface area (Å²) >= 11 is 7.12. The van der Waals surface area contributed by atoms with Crippen LogP contribution in [0.4, 0.5) is 0 Å². The standard InChI is InChI=1S/C16H14ClN3O4S/c1-9(2)24-15(23)13(21)12-14(22)19-6-4-3-5-11(19)20(12)8-10-7-18-16(17)25-10/h3-7,9H,8H2,1-2H3/p+1. The number of nitrogens with zero attached hydrogens (tertiary/aromatic N) is 3. The average molecular weight is 381 g/mol. The Morgan fingerprint density at radius 1 is 1.44 bits per heavy atom. The van der Waals surface area contributed by atoms with E-state index in [1.54, 1.807) is 49.0 Å². The molecule has 0 saturated carbocycles. The van der Waals surface area contributed by atoms with E-state index in [1.807, 2.05) is 0 Å². The van der Waals surface area contributed by atoms with E-state index in [9.17, 15) is 14.7 Å². The van der Waals surface area contributed by atoms with Gasteiger partial charge in [-0.1, -0.05) is 17.7 Å². The van der Waals surface area contributed by atoms with Gasteiger partial charge in [0.25, 0.3) is 11.3 Å². The molecule has 25 heavy (non-hydrogen) atoms. The lowest BCUT2D eigenvalue weighted by molar-refractivity contribution is -0.521. The predicted octanol–water partition coefficient (Wildman–Crippen LogP) is 2.22. The number of thiazole rings is 1. The highest BCUT2D eigenvalue weighted by Gasteiger charge is 2.36. The first kappa shape index (κ1) is 17.4. The summed E-state index contributed by atoms with van der Waals surface area (Å²) < 4.78 is 8.32. The van der Waals surface area contributed by atoms with E-state index >= 15 is 0 Å². The lowest BCUT2D eigenvalue weighted by atomic mass is 10.2. The lowest BCUT2D eigenvalue weighted by Crippen LogP contribution is -2.24. The van der Waals surface area contributed by atoms with Crippen molar-refractivity contribution in [2.45, 2.75) is 26.5 Å². The number of ether oxygens (including phenoxy) is 1. The Morgan fingerprint density at radius 3 is 2.84 bits per heavy atom. The van der Waals surface area contributed by atoms with Crippen LogP contribution in [-0.4, -0.2) is 32.5 Å². The second-order valence-corrected chi connectivity index (χ2v) is 7.25. The number of fused-ring (bicyclic) bond motifs is 1. The summed E-state index contributed by atoms with van der Waals surface area (Å²) in [6, 6.07) is 5.21. The number of aromatic nitrogens is 3. The lowest BCUT2D eigenvalue weighted by Gasteiger charge is -2.06. The first-order valence-corrected chi connectivity index (χ1v) is 8.65. The highest BCUT2D eigenvalue weighted by atomic mass is 35.5. The van der Waals surface area contributed by atoms with E-state index in [0.29, 0.717) is 10.1 Å². The molecule has 130 valence electrons. The number of halogens is 1. The quantitative estimate of drug-likeness (QED) is 0.317. The largest absolute Gasteiger partial charge is 0.474 e. The van der Waals surface area contributed by atoms with Crippen molar-refractivity contribution < 1.29 is 23.8 Å². The molecule has 0 aliphatic rings. The van der Waals surface area contributed by atoms with Gasteiger partial charge in [0.1, 0.15) is 6.54 Å². The summed E-state index contributed by atoms with van der Waals surface area (Å²) in [5.41, 5.74) is 0.409. The Hall–Kier alpha value is -2.45. The number of rotatable bonds is 5. The zero-order valence-electron chi connectivity index (χ0n) is 13.5. The van der Waals surface area contributed by atoms with E-state index in [0.717, 1.165) is 4.88 Å². The van der Waals surface area contributed by atoms with E-state index in [2.05, 4.69) is 4.98 Å². The van der Waals surface area contributed by atoms with Gasteiger partial charge in [-0.05, 0) is 19.9 Å². The monoisotopic (exact) mass is 380 g/mol. The fourth-order valence-corrected chi connectivity index (χ4v) is 3.41. The number of hydrogen-bond acceptors (Lipinski definition) is 6. The summed E-state index contributed by atoms with van der Waals surface area (Å²) in [6.45, 7) is 3.53.